The highest BCUT2D eigenvalue weighted by Gasteiger charge is 2.07. The lowest BCUT2D eigenvalue weighted by Gasteiger charge is -2.07. The van der Waals surface area contributed by atoms with E-state index in [4.69, 9.17) is 10.00 Å². The minimum atomic E-state index is -0.476. The topological polar surface area (TPSA) is 76.2 Å². The second-order valence-corrected chi connectivity index (χ2v) is 3.81. The van der Waals surface area contributed by atoms with E-state index >= 15 is 0 Å². The van der Waals surface area contributed by atoms with Crippen molar-refractivity contribution in [2.24, 2.45) is 0 Å². The molecule has 5 heteroatoms. The first kappa shape index (κ1) is 12.6. The van der Waals surface area contributed by atoms with Crippen LogP contribution in [0.2, 0.25) is 0 Å². The molecule has 94 valence electrons. The molecule has 2 aromatic rings. The average Bonchev–Trinajstić information content (AvgIpc) is 2.45. The van der Waals surface area contributed by atoms with Gasteiger partial charge in [-0.25, -0.2) is 0 Å². The number of hydrogen-bond acceptors (Lipinski definition) is 4. The monoisotopic (exact) mass is 254 g/mol. The Bertz CT molecular complexity index is 647. The molecular weight excluding hydrogens is 244 g/mol. The quantitative estimate of drug-likeness (QED) is 0.620. The van der Waals surface area contributed by atoms with Gasteiger partial charge in [-0.05, 0) is 12.1 Å². The van der Waals surface area contributed by atoms with Gasteiger partial charge in [0.15, 0.2) is 0 Å². The molecule has 0 aromatic heterocycles. The Balaban J connectivity index is 2.13. The van der Waals surface area contributed by atoms with Crippen LogP contribution in [0.25, 0.3) is 0 Å². The normalized spacial score (nSPS) is 9.63. The van der Waals surface area contributed by atoms with Crippen LogP contribution >= 0.6 is 0 Å². The first-order chi connectivity index (χ1) is 9.20. The first-order valence-corrected chi connectivity index (χ1v) is 5.56. The number of ether oxygens (including phenoxy) is 1. The fourth-order valence-corrected chi connectivity index (χ4v) is 1.60. The molecule has 0 bridgehead atoms. The van der Waals surface area contributed by atoms with Crippen LogP contribution in [-0.4, -0.2) is 4.92 Å². The third-order valence-corrected chi connectivity index (χ3v) is 2.56. The fraction of sp³-hybridized carbons (Fsp3) is 0.0714. The molecule has 2 aromatic carbocycles. The number of non-ortho nitro benzene ring substituents is 1. The third-order valence-electron chi connectivity index (χ3n) is 2.56. The van der Waals surface area contributed by atoms with Gasteiger partial charge < -0.3 is 4.74 Å². The van der Waals surface area contributed by atoms with Crippen LogP contribution in [-0.2, 0) is 6.61 Å². The van der Waals surface area contributed by atoms with Crippen molar-refractivity contribution < 1.29 is 9.66 Å². The fourth-order valence-electron chi connectivity index (χ4n) is 1.60. The zero-order chi connectivity index (χ0) is 13.7. The van der Waals surface area contributed by atoms with Gasteiger partial charge in [0.1, 0.15) is 12.4 Å². The van der Waals surface area contributed by atoms with Crippen molar-refractivity contribution in [2.75, 3.05) is 0 Å². The van der Waals surface area contributed by atoms with Crippen LogP contribution < -0.4 is 4.74 Å². The Kier molecular flexibility index (Phi) is 3.74. The van der Waals surface area contributed by atoms with E-state index in [1.54, 1.807) is 30.3 Å². The Morgan fingerprint density at radius 2 is 2.00 bits per heavy atom. The summed E-state index contributed by atoms with van der Waals surface area (Å²) in [7, 11) is 0. The summed E-state index contributed by atoms with van der Waals surface area (Å²) >= 11 is 0. The van der Waals surface area contributed by atoms with E-state index in [9.17, 15) is 10.1 Å². The molecule has 2 rings (SSSR count). The average molecular weight is 254 g/mol. The zero-order valence-electron chi connectivity index (χ0n) is 9.95. The molecule has 0 saturated heterocycles. The predicted octanol–water partition coefficient (Wildman–Crippen LogP) is 3.05. The van der Waals surface area contributed by atoms with Crippen molar-refractivity contribution in [3.8, 4) is 11.8 Å². The van der Waals surface area contributed by atoms with Crippen molar-refractivity contribution in [2.45, 2.75) is 6.61 Å². The van der Waals surface area contributed by atoms with E-state index < -0.39 is 4.92 Å². The highest BCUT2D eigenvalue weighted by atomic mass is 16.6. The van der Waals surface area contributed by atoms with Crippen LogP contribution in [0.3, 0.4) is 0 Å². The van der Waals surface area contributed by atoms with Crippen LogP contribution in [0.15, 0.2) is 48.5 Å². The van der Waals surface area contributed by atoms with Gasteiger partial charge in [0, 0.05) is 11.6 Å². The number of nitro groups is 1. The molecule has 0 N–H and O–H groups in total. The van der Waals surface area contributed by atoms with E-state index in [0.717, 1.165) is 5.56 Å². The number of nitro benzene ring substituents is 1. The molecule has 0 atom stereocenters. The van der Waals surface area contributed by atoms with Gasteiger partial charge in [0.25, 0.3) is 5.69 Å². The summed E-state index contributed by atoms with van der Waals surface area (Å²) in [6.07, 6.45) is 0. The number of hydrogen-bond donors (Lipinski definition) is 0. The molecule has 19 heavy (non-hydrogen) atoms. The number of nitriles is 1. The van der Waals surface area contributed by atoms with E-state index in [0.29, 0.717) is 11.3 Å². The molecule has 0 unspecified atom stereocenters. The molecule has 0 spiro atoms. The van der Waals surface area contributed by atoms with Gasteiger partial charge in [-0.2, -0.15) is 5.26 Å². The molecule has 0 heterocycles. The van der Waals surface area contributed by atoms with E-state index in [1.165, 1.54) is 12.1 Å². The largest absolute Gasteiger partial charge is 0.489 e. The maximum absolute atomic E-state index is 10.6. The molecule has 0 saturated carbocycles. The Labute approximate surface area is 109 Å². The van der Waals surface area contributed by atoms with E-state index in [1.807, 2.05) is 6.07 Å². The van der Waals surface area contributed by atoms with Crippen LogP contribution in [0, 0.1) is 21.4 Å². The highest BCUT2D eigenvalue weighted by molar-refractivity contribution is 5.39. The lowest BCUT2D eigenvalue weighted by Crippen LogP contribution is -1.98. The lowest BCUT2D eigenvalue weighted by molar-refractivity contribution is -0.384. The van der Waals surface area contributed by atoms with Gasteiger partial charge in [0.05, 0.1) is 22.6 Å². The maximum atomic E-state index is 10.6. The summed E-state index contributed by atoms with van der Waals surface area (Å²) in [5, 5.41) is 19.6. The van der Waals surface area contributed by atoms with Crippen LogP contribution in [0.5, 0.6) is 5.75 Å². The summed E-state index contributed by atoms with van der Waals surface area (Å²) in [6.45, 7) is 0.199. The minimum absolute atomic E-state index is 0.0222. The summed E-state index contributed by atoms with van der Waals surface area (Å²) in [5.41, 5.74) is 1.26. The predicted molar refractivity (Wildman–Crippen MR) is 68.6 cm³/mol. The number of rotatable bonds is 4. The summed E-state index contributed by atoms with van der Waals surface area (Å²) in [6, 6.07) is 15.1. The first-order valence-electron chi connectivity index (χ1n) is 5.56. The molecular formula is C14H10N2O3. The number of nitrogens with zero attached hydrogens (tertiary/aromatic N) is 2. The van der Waals surface area contributed by atoms with Gasteiger partial charge in [-0.3, -0.25) is 10.1 Å². The van der Waals surface area contributed by atoms with Crippen molar-refractivity contribution in [1.29, 1.82) is 5.26 Å². The molecule has 0 fully saturated rings. The lowest BCUT2D eigenvalue weighted by atomic mass is 10.1. The molecule has 5 nitrogen and oxygen atoms in total. The van der Waals surface area contributed by atoms with Crippen molar-refractivity contribution >= 4 is 5.69 Å². The van der Waals surface area contributed by atoms with E-state index in [-0.39, 0.29) is 12.3 Å². The van der Waals surface area contributed by atoms with E-state index in [2.05, 4.69) is 6.07 Å². The number of benzene rings is 2. The molecule has 0 amide bonds. The Hall–Kier alpha value is -2.87. The van der Waals surface area contributed by atoms with Gasteiger partial charge >= 0.3 is 0 Å². The molecule has 0 radical (unpaired) electrons. The van der Waals surface area contributed by atoms with Gasteiger partial charge in [-0.1, -0.05) is 24.3 Å². The molecule has 0 aliphatic heterocycles. The maximum Gasteiger partial charge on any atom is 0.273 e. The van der Waals surface area contributed by atoms with Crippen LogP contribution in [0.1, 0.15) is 11.1 Å². The van der Waals surface area contributed by atoms with Crippen LogP contribution in [0.4, 0.5) is 5.69 Å². The standard InChI is InChI=1S/C14H10N2O3/c15-9-11-4-1-2-5-12(11)10-19-14-7-3-6-13(8-14)16(17)18/h1-8H,10H2. The molecule has 0 aliphatic rings. The van der Waals surface area contributed by atoms with Crippen molar-refractivity contribution in [3.05, 3.63) is 69.8 Å². The summed E-state index contributed by atoms with van der Waals surface area (Å²) in [4.78, 5) is 10.2. The molecule has 0 aliphatic carbocycles. The summed E-state index contributed by atoms with van der Waals surface area (Å²) < 4.78 is 5.47. The Morgan fingerprint density at radius 1 is 1.21 bits per heavy atom. The zero-order valence-corrected chi connectivity index (χ0v) is 9.95. The minimum Gasteiger partial charge on any atom is -0.489 e. The van der Waals surface area contributed by atoms with Crippen molar-refractivity contribution in [1.82, 2.24) is 0 Å². The highest BCUT2D eigenvalue weighted by Crippen LogP contribution is 2.20. The Morgan fingerprint density at radius 3 is 2.74 bits per heavy atom. The second kappa shape index (κ2) is 5.65. The van der Waals surface area contributed by atoms with Gasteiger partial charge in [-0.15, -0.1) is 0 Å². The van der Waals surface area contributed by atoms with Gasteiger partial charge in [0.2, 0.25) is 0 Å². The smallest absolute Gasteiger partial charge is 0.273 e. The summed E-state index contributed by atoms with van der Waals surface area (Å²) in [5.74, 6) is 0.405. The van der Waals surface area contributed by atoms with Crippen molar-refractivity contribution in [3.63, 3.8) is 0 Å². The third kappa shape index (κ3) is 3.07. The SMILES string of the molecule is N#Cc1ccccc1COc1cccc([N+](=O)[O-])c1. The second-order valence-electron chi connectivity index (χ2n) is 3.81.